The zero-order valence-electron chi connectivity index (χ0n) is 22.4. The maximum atomic E-state index is 13.2. The molecule has 1 fully saturated rings. The number of aromatic hydroxyl groups is 2. The second-order valence-electron chi connectivity index (χ2n) is 10.1. The Morgan fingerprint density at radius 1 is 0.775 bits per heavy atom. The summed E-state index contributed by atoms with van der Waals surface area (Å²) in [5, 5.41) is 39.6. The molecule has 7 N–H and O–H groups in total. The summed E-state index contributed by atoms with van der Waals surface area (Å²) in [6, 6.07) is 9.73. The minimum absolute atomic E-state index is 0.0180. The number of carbonyl (C=O) groups is 4. The number of amides is 4. The number of carbonyl (C=O) groups excluding carboxylic acids is 3. The number of phenols is 2. The first kappa shape index (κ1) is 30.3. The van der Waals surface area contributed by atoms with E-state index in [1.165, 1.54) is 30.7 Å². The lowest BCUT2D eigenvalue weighted by atomic mass is 9.96. The number of phenolic OH excluding ortho intramolecular Hbond substituents is 2. The van der Waals surface area contributed by atoms with Gasteiger partial charge in [-0.05, 0) is 54.7 Å². The number of hydrogen-bond donors (Lipinski definition) is 7. The minimum Gasteiger partial charge on any atom is -0.508 e. The Morgan fingerprint density at radius 2 is 1.32 bits per heavy atom. The zero-order valence-corrected chi connectivity index (χ0v) is 22.4. The number of hydrogen-bond acceptors (Lipinski definition) is 6. The van der Waals surface area contributed by atoms with Crippen LogP contribution in [0, 0.1) is 0 Å². The van der Waals surface area contributed by atoms with Gasteiger partial charge in [0.1, 0.15) is 23.6 Å². The van der Waals surface area contributed by atoms with Gasteiger partial charge < -0.3 is 36.6 Å². The van der Waals surface area contributed by atoms with Crippen molar-refractivity contribution in [2.24, 2.45) is 0 Å². The normalized spacial score (nSPS) is 14.9. The van der Waals surface area contributed by atoms with E-state index in [2.05, 4.69) is 21.3 Å². The van der Waals surface area contributed by atoms with Gasteiger partial charge in [0.05, 0.1) is 0 Å². The van der Waals surface area contributed by atoms with Crippen LogP contribution in [0.5, 0.6) is 11.5 Å². The molecule has 0 aliphatic heterocycles. The summed E-state index contributed by atoms with van der Waals surface area (Å²) in [5.41, 5.74) is 1.26. The summed E-state index contributed by atoms with van der Waals surface area (Å²) in [6.07, 6.45) is 5.81. The van der Waals surface area contributed by atoms with Crippen molar-refractivity contribution in [1.29, 1.82) is 0 Å². The van der Waals surface area contributed by atoms with Crippen LogP contribution in [0.1, 0.15) is 56.1 Å². The molecule has 11 heteroatoms. The fourth-order valence-corrected chi connectivity index (χ4v) is 4.62. The topological polar surface area (TPSA) is 177 Å². The Balaban J connectivity index is 1.55. The first-order chi connectivity index (χ1) is 19.2. The average Bonchev–Trinajstić information content (AvgIpc) is 2.93. The molecule has 2 unspecified atom stereocenters. The van der Waals surface area contributed by atoms with E-state index in [9.17, 15) is 34.5 Å². The number of aliphatic carboxylic acids is 1. The van der Waals surface area contributed by atoms with Gasteiger partial charge in [-0.1, -0.05) is 43.5 Å². The van der Waals surface area contributed by atoms with Gasteiger partial charge >= 0.3 is 12.0 Å². The highest BCUT2D eigenvalue weighted by atomic mass is 16.4. The maximum absolute atomic E-state index is 13.2. The summed E-state index contributed by atoms with van der Waals surface area (Å²) >= 11 is 0. The number of urea groups is 1. The first-order valence-electron chi connectivity index (χ1n) is 13.6. The van der Waals surface area contributed by atoms with Gasteiger partial charge in [0.25, 0.3) is 0 Å². The number of nitrogens with one attached hydrogen (secondary N) is 4. The van der Waals surface area contributed by atoms with Crippen molar-refractivity contribution >= 4 is 23.8 Å². The summed E-state index contributed by atoms with van der Waals surface area (Å²) in [6.45, 7) is 0.286. The van der Waals surface area contributed by atoms with Crippen molar-refractivity contribution in [3.8, 4) is 11.5 Å². The van der Waals surface area contributed by atoms with Gasteiger partial charge in [0.2, 0.25) is 11.8 Å². The Kier molecular flexibility index (Phi) is 11.6. The van der Waals surface area contributed by atoms with Crippen LogP contribution in [0.15, 0.2) is 48.5 Å². The van der Waals surface area contributed by atoms with Crippen LogP contribution in [0.3, 0.4) is 0 Å². The van der Waals surface area contributed by atoms with Crippen molar-refractivity contribution in [3.05, 3.63) is 59.7 Å². The average molecular weight is 555 g/mol. The molecule has 0 heterocycles. The van der Waals surface area contributed by atoms with Gasteiger partial charge in [0, 0.05) is 31.8 Å². The molecular weight excluding hydrogens is 516 g/mol. The van der Waals surface area contributed by atoms with Crippen LogP contribution in [0.4, 0.5) is 4.79 Å². The third-order valence-electron chi connectivity index (χ3n) is 6.83. The second-order valence-corrected chi connectivity index (χ2v) is 10.1. The van der Waals surface area contributed by atoms with Crippen molar-refractivity contribution in [2.75, 3.05) is 6.54 Å². The molecule has 1 aliphatic rings. The molecule has 1 saturated carbocycles. The predicted molar refractivity (Wildman–Crippen MR) is 148 cm³/mol. The lowest BCUT2D eigenvalue weighted by Crippen LogP contribution is -2.53. The third kappa shape index (κ3) is 10.5. The van der Waals surface area contributed by atoms with Gasteiger partial charge in [-0.25, -0.2) is 9.59 Å². The van der Waals surface area contributed by atoms with Crippen LogP contribution in [0.25, 0.3) is 0 Å². The summed E-state index contributed by atoms with van der Waals surface area (Å²) < 4.78 is 0. The van der Waals surface area contributed by atoms with Gasteiger partial charge in [-0.3, -0.25) is 9.59 Å². The Hall–Kier alpha value is -4.28. The molecule has 0 bridgehead atoms. The molecule has 216 valence electrons. The van der Waals surface area contributed by atoms with Crippen LogP contribution in [-0.4, -0.2) is 63.8 Å². The molecule has 2 atom stereocenters. The summed E-state index contributed by atoms with van der Waals surface area (Å²) in [7, 11) is 0. The van der Waals surface area contributed by atoms with E-state index < -0.39 is 29.9 Å². The number of rotatable bonds is 13. The van der Waals surface area contributed by atoms with Crippen LogP contribution in [-0.2, 0) is 27.2 Å². The minimum atomic E-state index is -1.26. The van der Waals surface area contributed by atoms with Gasteiger partial charge in [-0.2, -0.15) is 0 Å². The molecule has 0 aromatic heterocycles. The van der Waals surface area contributed by atoms with E-state index in [0.29, 0.717) is 17.5 Å². The van der Waals surface area contributed by atoms with Gasteiger partial charge in [-0.15, -0.1) is 0 Å². The van der Waals surface area contributed by atoms with E-state index in [-0.39, 0.29) is 49.4 Å². The Bertz CT molecular complexity index is 1130. The molecule has 11 nitrogen and oxygen atoms in total. The Labute approximate surface area is 233 Å². The fourth-order valence-electron chi connectivity index (χ4n) is 4.62. The maximum Gasteiger partial charge on any atom is 0.326 e. The lowest BCUT2D eigenvalue weighted by molar-refractivity contribution is -0.142. The fraction of sp³-hybridized carbons (Fsp3) is 0.448. The molecule has 1 aliphatic carbocycles. The quantitative estimate of drug-likeness (QED) is 0.186. The molecule has 0 spiro atoms. The highest BCUT2D eigenvalue weighted by Gasteiger charge is 2.27. The van der Waals surface area contributed by atoms with Gasteiger partial charge in [0.15, 0.2) is 0 Å². The van der Waals surface area contributed by atoms with Crippen molar-refractivity contribution in [2.45, 2.75) is 75.9 Å². The molecular formula is C29H38N4O7. The standard InChI is InChI=1S/C29H38N4O7/c34-22-12-8-19(9-13-22)17-24(27(37)33-25(28(38)39)18-20-10-14-23(35)15-11-20)32-26(36)7-4-16-30-29(40)31-21-5-2-1-3-6-21/h8-15,21,24-25,34-35H,1-7,16-18H2,(H,32,36)(H,33,37)(H,38,39)(H2,30,31,40). The molecule has 0 saturated heterocycles. The predicted octanol–water partition coefficient (Wildman–Crippen LogP) is 2.35. The zero-order chi connectivity index (χ0) is 28.9. The molecule has 3 rings (SSSR count). The van der Waals surface area contributed by atoms with E-state index in [0.717, 1.165) is 25.7 Å². The first-order valence-corrected chi connectivity index (χ1v) is 13.6. The van der Waals surface area contributed by atoms with Crippen molar-refractivity contribution in [3.63, 3.8) is 0 Å². The van der Waals surface area contributed by atoms with Crippen LogP contribution < -0.4 is 21.3 Å². The monoisotopic (exact) mass is 554 g/mol. The molecule has 40 heavy (non-hydrogen) atoms. The third-order valence-corrected chi connectivity index (χ3v) is 6.83. The van der Waals surface area contributed by atoms with Crippen molar-refractivity contribution in [1.82, 2.24) is 21.3 Å². The molecule has 4 amide bonds. The molecule has 2 aromatic carbocycles. The largest absolute Gasteiger partial charge is 0.508 e. The lowest BCUT2D eigenvalue weighted by Gasteiger charge is -2.23. The molecule has 0 radical (unpaired) electrons. The van der Waals surface area contributed by atoms with Crippen LogP contribution >= 0.6 is 0 Å². The number of carboxylic acids is 1. The SMILES string of the molecule is O=C(CCCNC(=O)NC1CCCCC1)NC(Cc1ccc(O)cc1)C(=O)NC(Cc1ccc(O)cc1)C(=O)O. The summed E-state index contributed by atoms with van der Waals surface area (Å²) in [4.78, 5) is 49.9. The van der Waals surface area contributed by atoms with E-state index in [1.807, 2.05) is 0 Å². The smallest absolute Gasteiger partial charge is 0.326 e. The number of benzene rings is 2. The van der Waals surface area contributed by atoms with Crippen LogP contribution in [0.2, 0.25) is 0 Å². The Morgan fingerprint density at radius 3 is 1.88 bits per heavy atom. The van der Waals surface area contributed by atoms with E-state index in [1.54, 1.807) is 24.3 Å². The number of carboxylic acid groups (broad SMARTS) is 1. The van der Waals surface area contributed by atoms with E-state index >= 15 is 0 Å². The molecule has 2 aromatic rings. The van der Waals surface area contributed by atoms with E-state index in [4.69, 9.17) is 0 Å². The van der Waals surface area contributed by atoms with Crippen molar-refractivity contribution < 1.29 is 34.5 Å². The highest BCUT2D eigenvalue weighted by molar-refractivity contribution is 5.90. The summed E-state index contributed by atoms with van der Waals surface area (Å²) in [5.74, 6) is -2.24. The second kappa shape index (κ2) is 15.3. The highest BCUT2D eigenvalue weighted by Crippen LogP contribution is 2.17.